The number of nitrogens with zero attached hydrogens (tertiary/aromatic N) is 3. The molecule has 1 atom stereocenters. The predicted octanol–water partition coefficient (Wildman–Crippen LogP) is 3.15. The summed E-state index contributed by atoms with van der Waals surface area (Å²) in [5.41, 5.74) is 4.05. The Balaban J connectivity index is 1.28. The molecular formula is C21H27N3OS. The van der Waals surface area contributed by atoms with Crippen LogP contribution in [0.3, 0.4) is 0 Å². The fourth-order valence-electron chi connectivity index (χ4n) is 4.13. The van der Waals surface area contributed by atoms with Crippen LogP contribution in [0.4, 0.5) is 0 Å². The first-order chi connectivity index (χ1) is 12.7. The molecule has 2 aromatic rings. The predicted molar refractivity (Wildman–Crippen MR) is 106 cm³/mol. The van der Waals surface area contributed by atoms with E-state index < -0.39 is 0 Å². The van der Waals surface area contributed by atoms with Crippen molar-refractivity contribution in [2.45, 2.75) is 25.8 Å². The molecule has 1 aromatic carbocycles. The highest BCUT2D eigenvalue weighted by molar-refractivity contribution is 7.07. The molecule has 0 unspecified atom stereocenters. The molecule has 1 amide bonds. The number of hydrogen-bond donors (Lipinski definition) is 0. The van der Waals surface area contributed by atoms with Gasteiger partial charge in [-0.25, -0.2) is 0 Å². The van der Waals surface area contributed by atoms with E-state index in [0.717, 1.165) is 45.9 Å². The zero-order valence-corrected chi connectivity index (χ0v) is 16.3. The lowest BCUT2D eigenvalue weighted by Gasteiger charge is -2.36. The summed E-state index contributed by atoms with van der Waals surface area (Å²) in [7, 11) is 0. The molecule has 2 aliphatic heterocycles. The van der Waals surface area contributed by atoms with E-state index >= 15 is 0 Å². The minimum atomic E-state index is 0.305. The number of carbonyl (C=O) groups is 1. The minimum absolute atomic E-state index is 0.305. The number of amides is 1. The monoisotopic (exact) mass is 369 g/mol. The zero-order chi connectivity index (χ0) is 17.9. The second-order valence-electron chi connectivity index (χ2n) is 7.54. The summed E-state index contributed by atoms with van der Waals surface area (Å²) in [5, 5.41) is 4.39. The normalized spacial score (nSPS) is 22.3. The first-order valence-electron chi connectivity index (χ1n) is 9.48. The molecule has 1 aromatic heterocycles. The topological polar surface area (TPSA) is 26.8 Å². The quantitative estimate of drug-likeness (QED) is 0.810. The number of aryl methyl sites for hydroxylation is 1. The summed E-state index contributed by atoms with van der Waals surface area (Å²) in [5.74, 6) is 0.655. The Morgan fingerprint density at radius 2 is 1.85 bits per heavy atom. The molecule has 2 aliphatic rings. The molecule has 26 heavy (non-hydrogen) atoms. The summed E-state index contributed by atoms with van der Waals surface area (Å²) in [6.07, 6.45) is 0.656. The van der Waals surface area contributed by atoms with Crippen molar-refractivity contribution < 1.29 is 4.79 Å². The second kappa shape index (κ2) is 7.91. The van der Waals surface area contributed by atoms with Gasteiger partial charge in [-0.05, 0) is 40.4 Å². The number of piperazine rings is 1. The van der Waals surface area contributed by atoms with Crippen LogP contribution in [0.15, 0.2) is 41.1 Å². The van der Waals surface area contributed by atoms with Crippen LogP contribution in [-0.2, 0) is 11.3 Å². The van der Waals surface area contributed by atoms with Gasteiger partial charge in [0.05, 0.1) is 6.67 Å². The maximum absolute atomic E-state index is 12.5. The van der Waals surface area contributed by atoms with Crippen LogP contribution in [0, 0.1) is 6.92 Å². The van der Waals surface area contributed by atoms with Crippen molar-refractivity contribution in [3.8, 4) is 0 Å². The zero-order valence-electron chi connectivity index (χ0n) is 15.4. The van der Waals surface area contributed by atoms with Crippen LogP contribution in [0.1, 0.15) is 29.0 Å². The van der Waals surface area contributed by atoms with E-state index in [9.17, 15) is 4.79 Å². The average Bonchev–Trinajstić information content (AvgIpc) is 3.27. The molecule has 2 saturated heterocycles. The molecule has 0 spiro atoms. The second-order valence-corrected chi connectivity index (χ2v) is 8.32. The Labute approximate surface area is 160 Å². The van der Waals surface area contributed by atoms with E-state index in [1.807, 2.05) is 0 Å². The molecule has 138 valence electrons. The van der Waals surface area contributed by atoms with Gasteiger partial charge in [0.1, 0.15) is 0 Å². The molecule has 0 N–H and O–H groups in total. The molecule has 4 rings (SSSR count). The maximum Gasteiger partial charge on any atom is 0.224 e. The molecule has 0 radical (unpaired) electrons. The van der Waals surface area contributed by atoms with Crippen LogP contribution in [-0.4, -0.2) is 60.0 Å². The fraction of sp³-hybridized carbons (Fsp3) is 0.476. The largest absolute Gasteiger partial charge is 0.329 e. The SMILES string of the molecule is Cc1ccccc1[C@H]1CC(=O)N(CN2CCN(Cc3ccsc3)CC2)C1. The number of thiophene rings is 1. The van der Waals surface area contributed by atoms with Gasteiger partial charge in [-0.15, -0.1) is 0 Å². The maximum atomic E-state index is 12.5. The standard InChI is InChI=1S/C21H27N3OS/c1-17-4-2-3-5-20(17)19-12-21(25)24(14-19)16-23-9-7-22(8-10-23)13-18-6-11-26-15-18/h2-6,11,15,19H,7-10,12-14,16H2,1H3/t19-/m0/s1. The Bertz CT molecular complexity index is 737. The van der Waals surface area contributed by atoms with Crippen molar-refractivity contribution in [3.63, 3.8) is 0 Å². The van der Waals surface area contributed by atoms with E-state index in [1.54, 1.807) is 11.3 Å². The van der Waals surface area contributed by atoms with E-state index in [2.05, 4.69) is 62.7 Å². The van der Waals surface area contributed by atoms with E-state index in [0.29, 0.717) is 18.2 Å². The van der Waals surface area contributed by atoms with Gasteiger partial charge in [-0.3, -0.25) is 14.6 Å². The van der Waals surface area contributed by atoms with Crippen LogP contribution < -0.4 is 0 Å². The van der Waals surface area contributed by atoms with Gasteiger partial charge < -0.3 is 4.90 Å². The number of carbonyl (C=O) groups excluding carboxylic acids is 1. The van der Waals surface area contributed by atoms with Gasteiger partial charge in [0, 0.05) is 51.6 Å². The third-order valence-corrected chi connectivity index (χ3v) is 6.40. The van der Waals surface area contributed by atoms with Crippen molar-refractivity contribution in [3.05, 3.63) is 57.8 Å². The van der Waals surface area contributed by atoms with Crippen LogP contribution in [0.2, 0.25) is 0 Å². The van der Waals surface area contributed by atoms with E-state index in [1.165, 1.54) is 16.7 Å². The Kier molecular flexibility index (Phi) is 5.38. The summed E-state index contributed by atoms with van der Waals surface area (Å²) < 4.78 is 0. The third-order valence-electron chi connectivity index (χ3n) is 5.66. The number of likely N-dealkylation sites (tertiary alicyclic amines) is 1. The van der Waals surface area contributed by atoms with Gasteiger partial charge in [0.15, 0.2) is 0 Å². The van der Waals surface area contributed by atoms with E-state index in [4.69, 9.17) is 0 Å². The summed E-state index contributed by atoms with van der Waals surface area (Å²) in [6.45, 7) is 9.10. The minimum Gasteiger partial charge on any atom is -0.329 e. The smallest absolute Gasteiger partial charge is 0.224 e. The summed E-state index contributed by atoms with van der Waals surface area (Å²) in [4.78, 5) is 19.5. The number of benzene rings is 1. The van der Waals surface area contributed by atoms with E-state index in [-0.39, 0.29) is 0 Å². The highest BCUT2D eigenvalue weighted by Gasteiger charge is 2.32. The summed E-state index contributed by atoms with van der Waals surface area (Å²) in [6, 6.07) is 10.7. The molecule has 5 heteroatoms. The molecule has 2 fully saturated rings. The van der Waals surface area contributed by atoms with Crippen molar-refractivity contribution >= 4 is 17.2 Å². The van der Waals surface area contributed by atoms with Crippen molar-refractivity contribution in [2.75, 3.05) is 39.4 Å². The lowest BCUT2D eigenvalue weighted by atomic mass is 9.94. The molecule has 0 bridgehead atoms. The van der Waals surface area contributed by atoms with Gasteiger partial charge in [0.25, 0.3) is 0 Å². The van der Waals surface area contributed by atoms with Crippen LogP contribution >= 0.6 is 11.3 Å². The molecule has 0 aliphatic carbocycles. The van der Waals surface area contributed by atoms with Gasteiger partial charge >= 0.3 is 0 Å². The van der Waals surface area contributed by atoms with Gasteiger partial charge in [-0.2, -0.15) is 11.3 Å². The first kappa shape index (κ1) is 17.7. The first-order valence-corrected chi connectivity index (χ1v) is 10.4. The average molecular weight is 370 g/mol. The Hall–Kier alpha value is -1.69. The van der Waals surface area contributed by atoms with Crippen LogP contribution in [0.5, 0.6) is 0 Å². The van der Waals surface area contributed by atoms with Crippen LogP contribution in [0.25, 0.3) is 0 Å². The molecular weight excluding hydrogens is 342 g/mol. The van der Waals surface area contributed by atoms with Crippen molar-refractivity contribution in [1.29, 1.82) is 0 Å². The van der Waals surface area contributed by atoms with Crippen molar-refractivity contribution in [1.82, 2.24) is 14.7 Å². The lowest BCUT2D eigenvalue weighted by molar-refractivity contribution is -0.129. The lowest BCUT2D eigenvalue weighted by Crippen LogP contribution is -2.49. The van der Waals surface area contributed by atoms with Crippen molar-refractivity contribution in [2.24, 2.45) is 0 Å². The molecule has 3 heterocycles. The highest BCUT2D eigenvalue weighted by atomic mass is 32.1. The molecule has 0 saturated carbocycles. The highest BCUT2D eigenvalue weighted by Crippen LogP contribution is 2.30. The Morgan fingerprint density at radius 3 is 2.58 bits per heavy atom. The van der Waals surface area contributed by atoms with Gasteiger partial charge in [-0.1, -0.05) is 24.3 Å². The Morgan fingerprint density at radius 1 is 1.08 bits per heavy atom. The summed E-state index contributed by atoms with van der Waals surface area (Å²) >= 11 is 1.77. The number of rotatable bonds is 5. The van der Waals surface area contributed by atoms with Gasteiger partial charge in [0.2, 0.25) is 5.91 Å². The fourth-order valence-corrected chi connectivity index (χ4v) is 4.79. The number of hydrogen-bond acceptors (Lipinski definition) is 4. The molecule has 4 nitrogen and oxygen atoms in total. The third kappa shape index (κ3) is 4.00.